The lowest BCUT2D eigenvalue weighted by molar-refractivity contribution is 0.281. The van der Waals surface area contributed by atoms with Crippen molar-refractivity contribution in [3.8, 4) is 0 Å². The van der Waals surface area contributed by atoms with Crippen LogP contribution >= 0.6 is 0 Å². The van der Waals surface area contributed by atoms with Gasteiger partial charge in [0.25, 0.3) is 0 Å². The lowest BCUT2D eigenvalue weighted by Gasteiger charge is -2.28. The Kier molecular flexibility index (Phi) is 5.61. The van der Waals surface area contributed by atoms with E-state index in [4.69, 9.17) is 0 Å². The molecule has 0 aliphatic carbocycles. The van der Waals surface area contributed by atoms with Crippen molar-refractivity contribution >= 4 is 0 Å². The SMILES string of the molecule is Cc1cc(C)c(CN2[C]N(C(c3ccccc3)c3ccccc3)CC2)c(C)c1. The van der Waals surface area contributed by atoms with E-state index in [2.05, 4.69) is 110 Å². The molecule has 142 valence electrons. The van der Waals surface area contributed by atoms with Gasteiger partial charge >= 0.3 is 0 Å². The fourth-order valence-electron chi connectivity index (χ4n) is 4.28. The molecule has 1 aliphatic rings. The van der Waals surface area contributed by atoms with Gasteiger partial charge < -0.3 is 0 Å². The van der Waals surface area contributed by atoms with Crippen LogP contribution in [-0.4, -0.2) is 22.9 Å². The van der Waals surface area contributed by atoms with E-state index in [9.17, 15) is 0 Å². The standard InChI is InChI=1S/C26H28N2/c1-20-16-21(2)25(22(3)17-20)18-27-14-15-28(19-27)26(23-10-6-4-7-11-23)24-12-8-5-9-13-24/h4-13,16-17,26H,14-15,18H2,1-3H3. The van der Waals surface area contributed by atoms with Gasteiger partial charge in [0, 0.05) is 19.6 Å². The summed E-state index contributed by atoms with van der Waals surface area (Å²) in [5.74, 6) is 0. The first-order chi connectivity index (χ1) is 13.6. The smallest absolute Gasteiger partial charge is 0.147 e. The molecule has 0 unspecified atom stereocenters. The lowest BCUT2D eigenvalue weighted by Crippen LogP contribution is -2.26. The molecule has 0 saturated carbocycles. The summed E-state index contributed by atoms with van der Waals surface area (Å²) in [7, 11) is 0. The van der Waals surface area contributed by atoms with E-state index in [1.807, 2.05) is 0 Å². The van der Waals surface area contributed by atoms with Gasteiger partial charge in [-0.05, 0) is 48.6 Å². The molecular weight excluding hydrogens is 340 g/mol. The predicted molar refractivity (Wildman–Crippen MR) is 116 cm³/mol. The van der Waals surface area contributed by atoms with Gasteiger partial charge in [-0.1, -0.05) is 78.4 Å². The Morgan fingerprint density at radius 1 is 0.786 bits per heavy atom. The Labute approximate surface area is 169 Å². The van der Waals surface area contributed by atoms with Crippen molar-refractivity contribution in [2.75, 3.05) is 13.1 Å². The van der Waals surface area contributed by atoms with Crippen molar-refractivity contribution in [2.24, 2.45) is 0 Å². The molecule has 0 bridgehead atoms. The largest absolute Gasteiger partial charge is 0.274 e. The van der Waals surface area contributed by atoms with Crippen LogP contribution in [0.5, 0.6) is 0 Å². The monoisotopic (exact) mass is 368 g/mol. The highest BCUT2D eigenvalue weighted by Gasteiger charge is 2.30. The summed E-state index contributed by atoms with van der Waals surface area (Å²) in [5.41, 5.74) is 8.14. The van der Waals surface area contributed by atoms with Gasteiger partial charge in [0.2, 0.25) is 0 Å². The normalized spacial score (nSPS) is 15.4. The van der Waals surface area contributed by atoms with Gasteiger partial charge in [-0.25, -0.2) is 0 Å². The Hall–Kier alpha value is -2.42. The molecule has 4 rings (SSSR count). The van der Waals surface area contributed by atoms with Gasteiger partial charge in [-0.3, -0.25) is 9.80 Å². The van der Waals surface area contributed by atoms with Crippen LogP contribution in [0.2, 0.25) is 0 Å². The molecule has 1 saturated heterocycles. The number of rotatable bonds is 5. The first-order valence-corrected chi connectivity index (χ1v) is 10.1. The van der Waals surface area contributed by atoms with Crippen LogP contribution in [0.4, 0.5) is 0 Å². The maximum absolute atomic E-state index is 3.67. The summed E-state index contributed by atoms with van der Waals surface area (Å²) in [4.78, 5) is 4.70. The van der Waals surface area contributed by atoms with Crippen molar-refractivity contribution in [2.45, 2.75) is 33.4 Å². The Balaban J connectivity index is 1.56. The molecule has 0 spiro atoms. The highest BCUT2D eigenvalue weighted by molar-refractivity contribution is 5.38. The molecule has 1 fully saturated rings. The first-order valence-electron chi connectivity index (χ1n) is 10.1. The number of aryl methyl sites for hydroxylation is 3. The van der Waals surface area contributed by atoms with Crippen molar-refractivity contribution in [3.05, 3.63) is 113 Å². The summed E-state index contributed by atoms with van der Waals surface area (Å²) in [6, 6.07) is 26.3. The highest BCUT2D eigenvalue weighted by atomic mass is 15.4. The van der Waals surface area contributed by atoms with Crippen molar-refractivity contribution in [1.82, 2.24) is 9.80 Å². The quantitative estimate of drug-likeness (QED) is 0.585. The molecule has 0 N–H and O–H groups in total. The van der Waals surface area contributed by atoms with Gasteiger partial charge in [0.15, 0.2) is 0 Å². The van der Waals surface area contributed by atoms with E-state index < -0.39 is 0 Å². The minimum atomic E-state index is 0.201. The predicted octanol–water partition coefficient (Wildman–Crippen LogP) is 5.52. The van der Waals surface area contributed by atoms with Crippen LogP contribution in [-0.2, 0) is 6.54 Å². The average Bonchev–Trinajstić information content (AvgIpc) is 3.15. The van der Waals surface area contributed by atoms with E-state index in [1.54, 1.807) is 0 Å². The topological polar surface area (TPSA) is 6.48 Å². The third-order valence-corrected chi connectivity index (χ3v) is 5.61. The second kappa shape index (κ2) is 8.30. The van der Waals surface area contributed by atoms with Crippen LogP contribution in [0.15, 0.2) is 72.8 Å². The molecule has 3 aromatic rings. The summed E-state index contributed by atoms with van der Waals surface area (Å²) in [5, 5.41) is 0. The van der Waals surface area contributed by atoms with Crippen molar-refractivity contribution in [1.29, 1.82) is 0 Å². The highest BCUT2D eigenvalue weighted by Crippen LogP contribution is 2.33. The maximum atomic E-state index is 3.67. The van der Waals surface area contributed by atoms with Crippen LogP contribution in [0.1, 0.15) is 39.4 Å². The zero-order valence-corrected chi connectivity index (χ0v) is 17.0. The molecule has 1 heterocycles. The molecular formula is C26H28N2. The third kappa shape index (κ3) is 4.04. The van der Waals surface area contributed by atoms with Crippen molar-refractivity contribution in [3.63, 3.8) is 0 Å². The molecule has 1 aliphatic heterocycles. The summed E-state index contributed by atoms with van der Waals surface area (Å²) >= 11 is 0. The Bertz CT molecular complexity index is 855. The minimum Gasteiger partial charge on any atom is -0.274 e. The van der Waals surface area contributed by atoms with E-state index in [1.165, 1.54) is 33.4 Å². The molecule has 0 aromatic heterocycles. The number of hydrogen-bond donors (Lipinski definition) is 0. The molecule has 28 heavy (non-hydrogen) atoms. The van der Waals surface area contributed by atoms with Gasteiger partial charge in [-0.2, -0.15) is 0 Å². The third-order valence-electron chi connectivity index (χ3n) is 5.61. The average molecular weight is 369 g/mol. The molecule has 0 atom stereocenters. The van der Waals surface area contributed by atoms with E-state index >= 15 is 0 Å². The number of benzene rings is 3. The summed E-state index contributed by atoms with van der Waals surface area (Å²) in [6.07, 6.45) is 0. The second-order valence-electron chi connectivity index (χ2n) is 7.82. The van der Waals surface area contributed by atoms with Crippen LogP contribution in [0.25, 0.3) is 0 Å². The van der Waals surface area contributed by atoms with Gasteiger partial charge in [-0.15, -0.1) is 0 Å². The number of nitrogens with zero attached hydrogens (tertiary/aromatic N) is 2. The molecule has 0 amide bonds. The van der Waals surface area contributed by atoms with E-state index in [0.717, 1.165) is 19.6 Å². The van der Waals surface area contributed by atoms with Gasteiger partial charge in [0.1, 0.15) is 6.67 Å². The fourth-order valence-corrected chi connectivity index (χ4v) is 4.28. The zero-order chi connectivity index (χ0) is 19.5. The molecule has 3 aromatic carbocycles. The first kappa shape index (κ1) is 18.9. The Morgan fingerprint density at radius 3 is 1.86 bits per heavy atom. The molecule has 2 radical (unpaired) electrons. The molecule has 2 nitrogen and oxygen atoms in total. The van der Waals surface area contributed by atoms with E-state index in [-0.39, 0.29) is 6.04 Å². The van der Waals surface area contributed by atoms with Gasteiger partial charge in [0.05, 0.1) is 6.04 Å². The fraction of sp³-hybridized carbons (Fsp3) is 0.269. The number of hydrogen-bond acceptors (Lipinski definition) is 2. The van der Waals surface area contributed by atoms with Crippen LogP contribution < -0.4 is 0 Å². The second-order valence-corrected chi connectivity index (χ2v) is 7.82. The minimum absolute atomic E-state index is 0.201. The van der Waals surface area contributed by atoms with E-state index in [0.29, 0.717) is 0 Å². The summed E-state index contributed by atoms with van der Waals surface area (Å²) in [6.45, 7) is 13.2. The van der Waals surface area contributed by atoms with Crippen LogP contribution in [0.3, 0.4) is 0 Å². The molecule has 2 heteroatoms. The maximum Gasteiger partial charge on any atom is 0.147 e. The van der Waals surface area contributed by atoms with Crippen molar-refractivity contribution < 1.29 is 0 Å². The zero-order valence-electron chi connectivity index (χ0n) is 17.0. The summed E-state index contributed by atoms with van der Waals surface area (Å²) < 4.78 is 0. The van der Waals surface area contributed by atoms with Crippen LogP contribution in [0, 0.1) is 27.4 Å². The lowest BCUT2D eigenvalue weighted by atomic mass is 9.97. The Morgan fingerprint density at radius 2 is 1.32 bits per heavy atom.